The molecule has 0 radical (unpaired) electrons. The van der Waals surface area contributed by atoms with Crippen LogP contribution in [0.25, 0.3) is 12.2 Å². The van der Waals surface area contributed by atoms with Gasteiger partial charge in [0.15, 0.2) is 11.5 Å². The first kappa shape index (κ1) is 17.8. The smallest absolute Gasteiger partial charge is 0.165 e. The number of hydrogen-bond acceptors (Lipinski definition) is 3. The molecule has 1 fully saturated rings. The molecule has 1 aromatic heterocycles. The van der Waals surface area contributed by atoms with Crippen molar-refractivity contribution in [2.75, 3.05) is 7.11 Å². The fourth-order valence-corrected chi connectivity index (χ4v) is 3.96. The minimum atomic E-state index is 0. The first-order chi connectivity index (χ1) is 11.8. The second-order valence-corrected chi connectivity index (χ2v) is 6.77. The molecular formula is C21H24ClNO2. The monoisotopic (exact) mass is 357 g/mol. The minimum Gasteiger partial charge on any atom is -0.493 e. The van der Waals surface area contributed by atoms with Crippen molar-refractivity contribution in [3.05, 3.63) is 53.3 Å². The predicted octanol–water partition coefficient (Wildman–Crippen LogP) is 5.32. The Morgan fingerprint density at radius 1 is 1.04 bits per heavy atom. The molecule has 2 aromatic rings. The van der Waals surface area contributed by atoms with E-state index in [0.29, 0.717) is 0 Å². The summed E-state index contributed by atoms with van der Waals surface area (Å²) < 4.78 is 12.1. The van der Waals surface area contributed by atoms with Gasteiger partial charge in [0.25, 0.3) is 0 Å². The third-order valence-electron chi connectivity index (χ3n) is 5.31. The van der Waals surface area contributed by atoms with Crippen LogP contribution >= 0.6 is 12.4 Å². The maximum atomic E-state index is 6.53. The van der Waals surface area contributed by atoms with Crippen LogP contribution in [0.4, 0.5) is 0 Å². The van der Waals surface area contributed by atoms with Gasteiger partial charge in [0.05, 0.1) is 7.11 Å². The predicted molar refractivity (Wildman–Crippen MR) is 104 cm³/mol. The highest BCUT2D eigenvalue weighted by atomic mass is 35.5. The van der Waals surface area contributed by atoms with Crippen molar-refractivity contribution in [3.8, 4) is 11.5 Å². The molecule has 132 valence electrons. The Balaban J connectivity index is 0.00000182. The summed E-state index contributed by atoms with van der Waals surface area (Å²) >= 11 is 0. The number of benzene rings is 1. The summed E-state index contributed by atoms with van der Waals surface area (Å²) in [7, 11) is 1.72. The summed E-state index contributed by atoms with van der Waals surface area (Å²) in [5.74, 6) is 1.82. The number of ether oxygens (including phenoxy) is 2. The van der Waals surface area contributed by atoms with Crippen LogP contribution in [0.3, 0.4) is 0 Å². The summed E-state index contributed by atoms with van der Waals surface area (Å²) in [6.45, 7) is 0. The largest absolute Gasteiger partial charge is 0.493 e. The van der Waals surface area contributed by atoms with Crippen molar-refractivity contribution < 1.29 is 9.47 Å². The average molecular weight is 358 g/mol. The summed E-state index contributed by atoms with van der Waals surface area (Å²) in [5.41, 5.74) is 3.69. The Labute approximate surface area is 155 Å². The third kappa shape index (κ3) is 3.52. The van der Waals surface area contributed by atoms with Gasteiger partial charge in [-0.1, -0.05) is 18.2 Å². The second-order valence-electron chi connectivity index (χ2n) is 6.77. The normalized spacial score (nSPS) is 17.8. The zero-order valence-corrected chi connectivity index (χ0v) is 15.3. The number of aromatic nitrogens is 1. The number of rotatable bonds is 3. The first-order valence-electron chi connectivity index (χ1n) is 8.77. The van der Waals surface area contributed by atoms with E-state index in [1.54, 1.807) is 7.11 Å². The molecule has 1 saturated carbocycles. The first-order valence-corrected chi connectivity index (χ1v) is 8.77. The standard InChI is InChI=1S/C21H23NO2.ClH/c1-23-19-7-6-17(5-4-16-9-14-22-15-10-16)18-8-13-21(24-20(18)19)11-2-3-12-21;/h4-7,9-10,14-15H,2-3,8,11-13H2,1H3;1H. The van der Waals surface area contributed by atoms with Crippen LogP contribution in [0.15, 0.2) is 36.7 Å². The maximum Gasteiger partial charge on any atom is 0.165 e. The van der Waals surface area contributed by atoms with Gasteiger partial charge in [0.2, 0.25) is 0 Å². The number of hydrogen-bond donors (Lipinski definition) is 0. The van der Waals surface area contributed by atoms with Gasteiger partial charge in [-0.3, -0.25) is 4.98 Å². The SMILES string of the molecule is COc1ccc(C=Cc2ccncc2)c2c1OC1(CCCC1)CC2.Cl. The van der Waals surface area contributed by atoms with Crippen molar-refractivity contribution >= 4 is 24.6 Å². The Morgan fingerprint density at radius 2 is 1.80 bits per heavy atom. The number of fused-ring (bicyclic) bond motifs is 1. The lowest BCUT2D eigenvalue weighted by Gasteiger charge is -2.37. The van der Waals surface area contributed by atoms with Gasteiger partial charge in [0, 0.05) is 18.0 Å². The zero-order chi connectivity index (χ0) is 16.4. The van der Waals surface area contributed by atoms with Crippen molar-refractivity contribution in [1.82, 2.24) is 4.98 Å². The molecule has 1 aliphatic carbocycles. The van der Waals surface area contributed by atoms with Crippen molar-refractivity contribution in [1.29, 1.82) is 0 Å². The molecule has 4 heteroatoms. The van der Waals surface area contributed by atoms with Gasteiger partial charge in [0.1, 0.15) is 5.60 Å². The molecule has 0 unspecified atom stereocenters. The van der Waals surface area contributed by atoms with Crippen molar-refractivity contribution in [2.24, 2.45) is 0 Å². The lowest BCUT2D eigenvalue weighted by atomic mass is 9.87. The van der Waals surface area contributed by atoms with Crippen LogP contribution in [0, 0.1) is 0 Å². The molecule has 1 spiro atoms. The van der Waals surface area contributed by atoms with E-state index < -0.39 is 0 Å². The molecule has 3 nitrogen and oxygen atoms in total. The third-order valence-corrected chi connectivity index (χ3v) is 5.31. The average Bonchev–Trinajstić information content (AvgIpc) is 3.08. The van der Waals surface area contributed by atoms with Crippen LogP contribution in [0.1, 0.15) is 48.8 Å². The summed E-state index contributed by atoms with van der Waals surface area (Å²) in [4.78, 5) is 4.06. The lowest BCUT2D eigenvalue weighted by molar-refractivity contribution is 0.0499. The fraction of sp³-hybridized carbons (Fsp3) is 0.381. The number of nitrogens with zero attached hydrogens (tertiary/aromatic N) is 1. The molecule has 0 N–H and O–H groups in total. The molecule has 0 atom stereocenters. The molecule has 25 heavy (non-hydrogen) atoms. The summed E-state index contributed by atoms with van der Waals surface area (Å²) in [5, 5.41) is 0. The quantitative estimate of drug-likeness (QED) is 0.744. The molecule has 2 aliphatic rings. The molecule has 4 rings (SSSR count). The Kier molecular flexibility index (Phi) is 5.33. The van der Waals surface area contributed by atoms with E-state index in [4.69, 9.17) is 9.47 Å². The van der Waals surface area contributed by atoms with Gasteiger partial charge < -0.3 is 9.47 Å². The number of halogens is 1. The number of pyridine rings is 1. The van der Waals surface area contributed by atoms with Gasteiger partial charge in [-0.25, -0.2) is 0 Å². The topological polar surface area (TPSA) is 31.4 Å². The van der Waals surface area contributed by atoms with Crippen molar-refractivity contribution in [2.45, 2.75) is 44.1 Å². The van der Waals surface area contributed by atoms with Crippen LogP contribution in [0.5, 0.6) is 11.5 Å². The molecule has 0 saturated heterocycles. The van der Waals surface area contributed by atoms with Crippen LogP contribution in [-0.4, -0.2) is 17.7 Å². The van der Waals surface area contributed by atoms with Gasteiger partial charge in [-0.2, -0.15) is 0 Å². The highest BCUT2D eigenvalue weighted by molar-refractivity contribution is 5.85. The Morgan fingerprint density at radius 3 is 2.52 bits per heavy atom. The Hall–Kier alpha value is -2.00. The van der Waals surface area contributed by atoms with E-state index in [1.165, 1.54) is 36.8 Å². The Bertz CT molecular complexity index is 752. The van der Waals surface area contributed by atoms with Crippen LogP contribution in [-0.2, 0) is 6.42 Å². The lowest BCUT2D eigenvalue weighted by Crippen LogP contribution is -2.36. The molecule has 2 heterocycles. The fourth-order valence-electron chi connectivity index (χ4n) is 3.96. The second kappa shape index (κ2) is 7.49. The highest BCUT2D eigenvalue weighted by Crippen LogP contribution is 2.47. The van der Waals surface area contributed by atoms with E-state index >= 15 is 0 Å². The summed E-state index contributed by atoms with van der Waals surface area (Å²) in [6, 6.07) is 8.18. The zero-order valence-electron chi connectivity index (χ0n) is 14.5. The van der Waals surface area contributed by atoms with E-state index in [1.807, 2.05) is 30.6 Å². The van der Waals surface area contributed by atoms with Crippen LogP contribution in [0.2, 0.25) is 0 Å². The highest BCUT2D eigenvalue weighted by Gasteiger charge is 2.40. The number of methoxy groups -OCH3 is 1. The molecule has 1 aromatic carbocycles. The van der Waals surface area contributed by atoms with E-state index in [0.717, 1.165) is 29.9 Å². The van der Waals surface area contributed by atoms with Gasteiger partial charge >= 0.3 is 0 Å². The van der Waals surface area contributed by atoms with Crippen LogP contribution < -0.4 is 9.47 Å². The van der Waals surface area contributed by atoms with E-state index in [2.05, 4.69) is 23.2 Å². The summed E-state index contributed by atoms with van der Waals surface area (Å²) in [6.07, 6.45) is 15.0. The van der Waals surface area contributed by atoms with E-state index in [-0.39, 0.29) is 18.0 Å². The molecule has 1 aliphatic heterocycles. The minimum absolute atomic E-state index is 0. The molecule has 0 bridgehead atoms. The van der Waals surface area contributed by atoms with Gasteiger partial charge in [-0.05, 0) is 67.9 Å². The maximum absolute atomic E-state index is 6.53. The molecular weight excluding hydrogens is 334 g/mol. The van der Waals surface area contributed by atoms with Gasteiger partial charge in [-0.15, -0.1) is 12.4 Å². The van der Waals surface area contributed by atoms with E-state index in [9.17, 15) is 0 Å². The molecule has 0 amide bonds. The van der Waals surface area contributed by atoms with Crippen molar-refractivity contribution in [3.63, 3.8) is 0 Å².